The van der Waals surface area contributed by atoms with E-state index >= 15 is 0 Å². The molecule has 1 N–H and O–H groups in total. The lowest BCUT2D eigenvalue weighted by molar-refractivity contribution is 0.270. The molecule has 2 aromatic rings. The summed E-state index contributed by atoms with van der Waals surface area (Å²) < 4.78 is 32.5. The number of aromatic nitrogens is 2. The molecule has 2 heterocycles. The third kappa shape index (κ3) is 5.07. The first-order valence-corrected chi connectivity index (χ1v) is 10.4. The van der Waals surface area contributed by atoms with Gasteiger partial charge < -0.3 is 9.84 Å². The Hall–Kier alpha value is -1.48. The monoisotopic (exact) mass is 414 g/mol. The number of rotatable bonds is 6. The molecule has 1 aliphatic heterocycles. The molecule has 9 heteroatoms. The second kappa shape index (κ2) is 9.14. The van der Waals surface area contributed by atoms with Gasteiger partial charge in [0.1, 0.15) is 0 Å². The van der Waals surface area contributed by atoms with Crippen molar-refractivity contribution in [2.24, 2.45) is 0 Å². The molecule has 0 radical (unpaired) electrons. The van der Waals surface area contributed by atoms with Crippen molar-refractivity contribution in [3.63, 3.8) is 0 Å². The summed E-state index contributed by atoms with van der Waals surface area (Å²) in [5.74, 6) is 1.43. The van der Waals surface area contributed by atoms with Crippen LogP contribution < -0.4 is 5.32 Å². The van der Waals surface area contributed by atoms with E-state index in [4.69, 9.17) is 4.52 Å². The lowest BCUT2D eigenvalue weighted by atomic mass is 9.98. The third-order valence-corrected chi connectivity index (χ3v) is 6.84. The van der Waals surface area contributed by atoms with Gasteiger partial charge in [0.05, 0.1) is 4.90 Å². The fourth-order valence-electron chi connectivity index (χ4n) is 3.09. The van der Waals surface area contributed by atoms with Crippen LogP contribution in [0.4, 0.5) is 0 Å². The molecule has 27 heavy (non-hydrogen) atoms. The number of aryl methyl sites for hydroxylation is 1. The van der Waals surface area contributed by atoms with Gasteiger partial charge in [0.15, 0.2) is 5.82 Å². The molecular formula is C18H27ClN4O3S. The molecule has 0 amide bonds. The van der Waals surface area contributed by atoms with Crippen molar-refractivity contribution in [1.29, 1.82) is 0 Å². The van der Waals surface area contributed by atoms with Crippen molar-refractivity contribution in [2.75, 3.05) is 20.1 Å². The molecular weight excluding hydrogens is 388 g/mol. The number of benzene rings is 1. The maximum Gasteiger partial charge on any atom is 0.243 e. The van der Waals surface area contributed by atoms with Gasteiger partial charge in [-0.3, -0.25) is 0 Å². The second-order valence-electron chi connectivity index (χ2n) is 6.93. The Morgan fingerprint density at radius 3 is 2.48 bits per heavy atom. The van der Waals surface area contributed by atoms with Crippen LogP contribution in [-0.4, -0.2) is 49.0 Å². The predicted octanol–water partition coefficient (Wildman–Crippen LogP) is 2.52. The van der Waals surface area contributed by atoms with Gasteiger partial charge in [0.2, 0.25) is 15.9 Å². The van der Waals surface area contributed by atoms with Gasteiger partial charge in [0, 0.05) is 31.5 Å². The minimum absolute atomic E-state index is 0. The molecule has 3 rings (SSSR count). The fraction of sp³-hybridized carbons (Fsp3) is 0.556. The van der Waals surface area contributed by atoms with Gasteiger partial charge in [-0.2, -0.15) is 9.29 Å². The Bertz CT molecular complexity index is 831. The summed E-state index contributed by atoms with van der Waals surface area (Å²) in [6, 6.07) is 7.27. The van der Waals surface area contributed by atoms with Crippen LogP contribution in [0.3, 0.4) is 0 Å². The van der Waals surface area contributed by atoms with E-state index in [-0.39, 0.29) is 24.4 Å². The van der Waals surface area contributed by atoms with E-state index in [1.54, 1.807) is 16.4 Å². The highest BCUT2D eigenvalue weighted by molar-refractivity contribution is 7.89. The number of halogens is 1. The maximum absolute atomic E-state index is 12.8. The molecule has 150 valence electrons. The fourth-order valence-corrected chi connectivity index (χ4v) is 4.56. The summed E-state index contributed by atoms with van der Waals surface area (Å²) in [4.78, 5) is 4.84. The second-order valence-corrected chi connectivity index (χ2v) is 8.87. The molecule has 1 fully saturated rings. The highest BCUT2D eigenvalue weighted by Gasteiger charge is 2.32. The zero-order chi connectivity index (χ0) is 18.7. The quantitative estimate of drug-likeness (QED) is 0.781. The van der Waals surface area contributed by atoms with E-state index in [1.807, 2.05) is 26.1 Å². The van der Waals surface area contributed by atoms with E-state index in [2.05, 4.69) is 22.4 Å². The van der Waals surface area contributed by atoms with E-state index in [0.717, 1.165) is 5.56 Å². The first-order chi connectivity index (χ1) is 12.4. The van der Waals surface area contributed by atoms with Crippen LogP contribution in [0.15, 0.2) is 33.7 Å². The van der Waals surface area contributed by atoms with Crippen molar-refractivity contribution in [1.82, 2.24) is 19.8 Å². The Balaban J connectivity index is 0.00000261. The first kappa shape index (κ1) is 21.8. The van der Waals surface area contributed by atoms with Crippen LogP contribution in [-0.2, 0) is 16.4 Å². The Morgan fingerprint density at radius 2 is 1.89 bits per heavy atom. The number of hydrogen-bond donors (Lipinski definition) is 1. The number of likely N-dealkylation sites (N-methyl/N-ethyl adjacent to an activating group) is 1. The number of nitrogens with one attached hydrogen (secondary N) is 1. The molecule has 7 nitrogen and oxygen atoms in total. The largest absolute Gasteiger partial charge is 0.339 e. The van der Waals surface area contributed by atoms with Crippen molar-refractivity contribution in [3.8, 4) is 0 Å². The average Bonchev–Trinajstić information content (AvgIpc) is 3.10. The van der Waals surface area contributed by atoms with Crippen molar-refractivity contribution in [2.45, 2.75) is 50.0 Å². The maximum atomic E-state index is 12.8. The Morgan fingerprint density at radius 1 is 1.26 bits per heavy atom. The van der Waals surface area contributed by atoms with Crippen molar-refractivity contribution < 1.29 is 12.9 Å². The minimum Gasteiger partial charge on any atom is -0.339 e. The van der Waals surface area contributed by atoms with Gasteiger partial charge >= 0.3 is 0 Å². The van der Waals surface area contributed by atoms with E-state index in [0.29, 0.717) is 49.0 Å². The third-order valence-electron chi connectivity index (χ3n) is 4.93. The molecule has 1 aromatic carbocycles. The summed E-state index contributed by atoms with van der Waals surface area (Å²) in [7, 11) is -1.54. The predicted molar refractivity (Wildman–Crippen MR) is 106 cm³/mol. The summed E-state index contributed by atoms with van der Waals surface area (Å²) in [5, 5.41) is 7.19. The summed E-state index contributed by atoms with van der Waals surface area (Å²) in [6.07, 6.45) is 2.09. The van der Waals surface area contributed by atoms with Crippen molar-refractivity contribution >= 4 is 22.4 Å². The summed E-state index contributed by atoms with van der Waals surface area (Å²) in [6.45, 7) is 4.93. The SMILES string of the molecule is CNC(C)Cc1noc(C2CCN(S(=O)(=O)c3ccc(C)cc3)CC2)n1.Cl. The number of nitrogens with zero attached hydrogens (tertiary/aromatic N) is 3. The molecule has 0 spiro atoms. The molecule has 0 saturated carbocycles. The number of piperidine rings is 1. The summed E-state index contributed by atoms with van der Waals surface area (Å²) in [5.41, 5.74) is 1.04. The minimum atomic E-state index is -3.44. The molecule has 1 atom stereocenters. The number of sulfonamides is 1. The van der Waals surface area contributed by atoms with Crippen LogP contribution in [0.1, 0.15) is 43.0 Å². The van der Waals surface area contributed by atoms with Crippen LogP contribution >= 0.6 is 12.4 Å². The lowest BCUT2D eigenvalue weighted by Crippen LogP contribution is -2.37. The normalized spacial score (nSPS) is 17.4. The van der Waals surface area contributed by atoms with Crippen LogP contribution in [0.2, 0.25) is 0 Å². The Kier molecular flexibility index (Phi) is 7.39. The highest BCUT2D eigenvalue weighted by atomic mass is 35.5. The van der Waals surface area contributed by atoms with Crippen LogP contribution in [0.5, 0.6) is 0 Å². The molecule has 1 aromatic heterocycles. The number of hydrogen-bond acceptors (Lipinski definition) is 6. The smallest absolute Gasteiger partial charge is 0.243 e. The van der Waals surface area contributed by atoms with Gasteiger partial charge in [0.25, 0.3) is 0 Å². The van der Waals surface area contributed by atoms with Gasteiger partial charge in [-0.1, -0.05) is 22.9 Å². The molecule has 0 bridgehead atoms. The topological polar surface area (TPSA) is 88.3 Å². The van der Waals surface area contributed by atoms with E-state index in [9.17, 15) is 8.42 Å². The zero-order valence-electron chi connectivity index (χ0n) is 15.9. The van der Waals surface area contributed by atoms with E-state index < -0.39 is 10.0 Å². The Labute approximate surface area is 167 Å². The molecule has 1 saturated heterocycles. The summed E-state index contributed by atoms with van der Waals surface area (Å²) >= 11 is 0. The van der Waals surface area contributed by atoms with Gasteiger partial charge in [-0.15, -0.1) is 12.4 Å². The molecule has 1 unspecified atom stereocenters. The lowest BCUT2D eigenvalue weighted by Gasteiger charge is -2.29. The standard InChI is InChI=1S/C18H26N4O3S.ClH/c1-13-4-6-16(7-5-13)26(23,24)22-10-8-15(9-11-22)18-20-17(21-25-18)12-14(2)19-3;/h4-7,14-15,19H,8-12H2,1-3H3;1H. The van der Waals surface area contributed by atoms with E-state index in [1.165, 1.54) is 0 Å². The molecule has 1 aliphatic rings. The highest BCUT2D eigenvalue weighted by Crippen LogP contribution is 2.30. The first-order valence-electron chi connectivity index (χ1n) is 8.96. The van der Waals surface area contributed by atoms with Crippen molar-refractivity contribution in [3.05, 3.63) is 41.5 Å². The zero-order valence-corrected chi connectivity index (χ0v) is 17.5. The average molecular weight is 415 g/mol. The molecule has 0 aliphatic carbocycles. The van der Waals surface area contributed by atoms with Gasteiger partial charge in [-0.05, 0) is 45.9 Å². The van der Waals surface area contributed by atoms with Gasteiger partial charge in [-0.25, -0.2) is 8.42 Å². The van der Waals surface area contributed by atoms with Crippen LogP contribution in [0, 0.1) is 6.92 Å². The van der Waals surface area contributed by atoms with Crippen LogP contribution in [0.25, 0.3) is 0 Å².